The van der Waals surface area contributed by atoms with Crippen molar-refractivity contribution in [3.63, 3.8) is 0 Å². The maximum Gasteiger partial charge on any atom is 0.251 e. The van der Waals surface area contributed by atoms with Crippen molar-refractivity contribution in [2.75, 3.05) is 38.6 Å². The highest BCUT2D eigenvalue weighted by atomic mass is 32.2. The number of sulfonamides is 1. The average molecular weight is 425 g/mol. The Balaban J connectivity index is 1.43. The van der Waals surface area contributed by atoms with Crippen molar-refractivity contribution in [1.82, 2.24) is 9.62 Å². The number of carbonyl (C=O) groups excluding carboxylic acids is 1. The van der Waals surface area contributed by atoms with Gasteiger partial charge in [0.05, 0.1) is 31.0 Å². The molecule has 0 unspecified atom stereocenters. The van der Waals surface area contributed by atoms with Gasteiger partial charge in [0.25, 0.3) is 5.91 Å². The van der Waals surface area contributed by atoms with Gasteiger partial charge in [-0.2, -0.15) is 16.1 Å². The molecule has 0 aliphatic carbocycles. The van der Waals surface area contributed by atoms with E-state index in [0.29, 0.717) is 44.0 Å². The molecule has 2 heterocycles. The van der Waals surface area contributed by atoms with Crippen LogP contribution in [-0.4, -0.2) is 57.2 Å². The van der Waals surface area contributed by atoms with Crippen molar-refractivity contribution in [2.45, 2.75) is 11.5 Å². The molecule has 0 bridgehead atoms. The largest absolute Gasteiger partial charge is 0.468 e. The summed E-state index contributed by atoms with van der Waals surface area (Å²) in [4.78, 5) is 12.2. The zero-order valence-corrected chi connectivity index (χ0v) is 17.1. The average Bonchev–Trinajstić information content (AvgIpc) is 3.22. The maximum absolute atomic E-state index is 12.4. The van der Waals surface area contributed by atoms with E-state index in [0.717, 1.165) is 17.3 Å². The van der Waals surface area contributed by atoms with Crippen molar-refractivity contribution < 1.29 is 22.4 Å². The molecular formula is C19H24N2O5S2. The van der Waals surface area contributed by atoms with E-state index in [1.54, 1.807) is 42.3 Å². The lowest BCUT2D eigenvalue weighted by Crippen LogP contribution is -2.41. The van der Waals surface area contributed by atoms with E-state index in [1.807, 2.05) is 12.1 Å². The summed E-state index contributed by atoms with van der Waals surface area (Å²) in [5, 5.41) is 2.87. The molecule has 2 aromatic rings. The molecule has 1 N–H and O–H groups in total. The van der Waals surface area contributed by atoms with Gasteiger partial charge in [-0.15, -0.1) is 0 Å². The van der Waals surface area contributed by atoms with Crippen LogP contribution in [0.5, 0.6) is 0 Å². The van der Waals surface area contributed by atoms with E-state index in [9.17, 15) is 13.2 Å². The number of nitrogens with one attached hydrogen (secondary N) is 1. The van der Waals surface area contributed by atoms with Gasteiger partial charge in [-0.05, 0) is 29.8 Å². The van der Waals surface area contributed by atoms with Gasteiger partial charge in [-0.25, -0.2) is 8.42 Å². The molecule has 1 aromatic carbocycles. The lowest BCUT2D eigenvalue weighted by molar-refractivity contribution is 0.0729. The van der Waals surface area contributed by atoms with Gasteiger partial charge in [0.2, 0.25) is 10.0 Å². The molecule has 3 rings (SSSR count). The fourth-order valence-corrected chi connectivity index (χ4v) is 5.04. The van der Waals surface area contributed by atoms with Crippen LogP contribution >= 0.6 is 11.8 Å². The predicted molar refractivity (Wildman–Crippen MR) is 109 cm³/mol. The van der Waals surface area contributed by atoms with Crippen LogP contribution in [0.2, 0.25) is 0 Å². The summed E-state index contributed by atoms with van der Waals surface area (Å²) >= 11 is 1.68. The van der Waals surface area contributed by atoms with Gasteiger partial charge in [0.15, 0.2) is 0 Å². The van der Waals surface area contributed by atoms with Gasteiger partial charge in [-0.3, -0.25) is 4.79 Å². The van der Waals surface area contributed by atoms with Gasteiger partial charge < -0.3 is 14.5 Å². The normalized spacial score (nSPS) is 15.4. The van der Waals surface area contributed by atoms with Crippen molar-refractivity contribution in [2.24, 2.45) is 0 Å². The van der Waals surface area contributed by atoms with Crippen LogP contribution in [-0.2, 0) is 26.3 Å². The summed E-state index contributed by atoms with van der Waals surface area (Å²) in [7, 11) is -3.37. The molecule has 1 amide bonds. The van der Waals surface area contributed by atoms with E-state index in [4.69, 9.17) is 9.15 Å². The van der Waals surface area contributed by atoms with Gasteiger partial charge in [0, 0.05) is 31.0 Å². The number of furan rings is 1. The topological polar surface area (TPSA) is 88.8 Å². The second-order valence-corrected chi connectivity index (χ2v) is 9.43. The Kier molecular flexibility index (Phi) is 7.55. The third-order valence-corrected chi connectivity index (χ3v) is 7.12. The van der Waals surface area contributed by atoms with Crippen LogP contribution in [0.25, 0.3) is 0 Å². The molecule has 1 aromatic heterocycles. The molecule has 7 nitrogen and oxygen atoms in total. The molecule has 9 heteroatoms. The number of hydrogen-bond donors (Lipinski definition) is 1. The van der Waals surface area contributed by atoms with E-state index in [-0.39, 0.29) is 11.7 Å². The van der Waals surface area contributed by atoms with Crippen molar-refractivity contribution in [1.29, 1.82) is 0 Å². The third kappa shape index (κ3) is 6.10. The molecule has 1 aliphatic rings. The molecule has 1 aliphatic heterocycles. The first-order valence-electron chi connectivity index (χ1n) is 9.07. The Morgan fingerprint density at radius 2 is 1.89 bits per heavy atom. The molecule has 0 atom stereocenters. The summed E-state index contributed by atoms with van der Waals surface area (Å²) in [6.07, 6.45) is 1.65. The van der Waals surface area contributed by atoms with Crippen LogP contribution in [0.15, 0.2) is 47.1 Å². The van der Waals surface area contributed by atoms with Crippen LogP contribution in [0, 0.1) is 0 Å². The molecule has 152 valence electrons. The molecule has 0 saturated carbocycles. The quantitative estimate of drug-likeness (QED) is 0.620. The highest BCUT2D eigenvalue weighted by molar-refractivity contribution is 7.98. The van der Waals surface area contributed by atoms with Gasteiger partial charge in [-0.1, -0.05) is 12.1 Å². The van der Waals surface area contributed by atoms with Crippen LogP contribution in [0.4, 0.5) is 0 Å². The Hall–Kier alpha value is -1.81. The first-order valence-corrected chi connectivity index (χ1v) is 11.8. The van der Waals surface area contributed by atoms with Crippen LogP contribution in [0.1, 0.15) is 21.7 Å². The maximum atomic E-state index is 12.4. The fraction of sp³-hybridized carbons (Fsp3) is 0.421. The van der Waals surface area contributed by atoms with Gasteiger partial charge >= 0.3 is 0 Å². The van der Waals surface area contributed by atoms with Gasteiger partial charge in [0.1, 0.15) is 5.76 Å². The first kappa shape index (κ1) is 20.9. The monoisotopic (exact) mass is 424 g/mol. The molecule has 28 heavy (non-hydrogen) atoms. The van der Waals surface area contributed by atoms with E-state index in [2.05, 4.69) is 5.32 Å². The summed E-state index contributed by atoms with van der Waals surface area (Å²) in [5.74, 6) is 2.23. The Morgan fingerprint density at radius 1 is 1.14 bits per heavy atom. The summed E-state index contributed by atoms with van der Waals surface area (Å²) in [5.41, 5.74) is 1.18. The number of benzene rings is 1. The van der Waals surface area contributed by atoms with E-state index < -0.39 is 10.0 Å². The Morgan fingerprint density at radius 3 is 2.57 bits per heavy atom. The molecule has 0 radical (unpaired) electrons. The van der Waals surface area contributed by atoms with E-state index >= 15 is 0 Å². The van der Waals surface area contributed by atoms with E-state index in [1.165, 1.54) is 4.31 Å². The zero-order valence-electron chi connectivity index (χ0n) is 15.5. The number of rotatable bonds is 9. The minimum atomic E-state index is -3.37. The lowest BCUT2D eigenvalue weighted by atomic mass is 10.1. The Labute approximate surface area is 169 Å². The molecule has 0 spiro atoms. The van der Waals surface area contributed by atoms with Crippen LogP contribution < -0.4 is 5.32 Å². The molecule has 1 fully saturated rings. The second kappa shape index (κ2) is 10.1. The Bertz CT molecular complexity index is 845. The predicted octanol–water partition coefficient (Wildman–Crippen LogP) is 2.10. The third-order valence-electron chi connectivity index (χ3n) is 4.29. The minimum absolute atomic E-state index is 0.0711. The van der Waals surface area contributed by atoms with Crippen molar-refractivity contribution in [3.05, 3.63) is 59.5 Å². The highest BCUT2D eigenvalue weighted by Crippen LogP contribution is 2.14. The number of carbonyl (C=O) groups is 1. The number of thioether (sulfide) groups is 1. The van der Waals surface area contributed by atoms with Crippen molar-refractivity contribution >= 4 is 27.7 Å². The smallest absolute Gasteiger partial charge is 0.251 e. The highest BCUT2D eigenvalue weighted by Gasteiger charge is 2.24. The van der Waals surface area contributed by atoms with Crippen LogP contribution in [0.3, 0.4) is 0 Å². The summed E-state index contributed by atoms with van der Waals surface area (Å²) < 4.78 is 36.8. The van der Waals surface area contributed by atoms with Crippen molar-refractivity contribution in [3.8, 4) is 0 Å². The number of nitrogens with zero attached hydrogens (tertiary/aromatic N) is 1. The standard InChI is InChI=1S/C19H24N2O5S2/c22-19(20-7-13-27-14-18-2-1-10-26-18)17-5-3-16(4-6-17)15-28(23,24)21-8-11-25-12-9-21/h1-6,10H,7-9,11-15H2,(H,20,22). The fourth-order valence-electron chi connectivity index (χ4n) is 2.79. The summed E-state index contributed by atoms with van der Waals surface area (Å²) in [6, 6.07) is 10.5. The second-order valence-electron chi connectivity index (χ2n) is 6.35. The minimum Gasteiger partial charge on any atom is -0.468 e. The SMILES string of the molecule is O=C(NCCSCc1ccco1)c1ccc(CS(=O)(=O)N2CCOCC2)cc1. The molecular weight excluding hydrogens is 400 g/mol. The number of ether oxygens (including phenoxy) is 1. The zero-order chi connectivity index (χ0) is 19.8. The molecule has 1 saturated heterocycles. The number of morpholine rings is 1. The first-order chi connectivity index (χ1) is 13.5. The summed E-state index contributed by atoms with van der Waals surface area (Å²) in [6.45, 7) is 2.19. The number of hydrogen-bond acceptors (Lipinski definition) is 6. The lowest BCUT2D eigenvalue weighted by Gasteiger charge is -2.26. The number of amides is 1.